The van der Waals surface area contributed by atoms with E-state index < -0.39 is 12.7 Å². The first-order valence-corrected chi connectivity index (χ1v) is 6.47. The van der Waals surface area contributed by atoms with E-state index in [1.165, 1.54) is 0 Å². The third-order valence-corrected chi connectivity index (χ3v) is 4.24. The van der Waals surface area contributed by atoms with Crippen molar-refractivity contribution in [2.24, 2.45) is 0 Å². The zero-order valence-corrected chi connectivity index (χ0v) is 10.5. The van der Waals surface area contributed by atoms with E-state index in [-0.39, 0.29) is 12.1 Å². The lowest BCUT2D eigenvalue weighted by Crippen LogP contribution is -2.57. The van der Waals surface area contributed by atoms with Gasteiger partial charge in [0.2, 0.25) is 0 Å². The van der Waals surface area contributed by atoms with E-state index >= 15 is 0 Å². The van der Waals surface area contributed by atoms with Gasteiger partial charge in [0, 0.05) is 31.2 Å². The summed E-state index contributed by atoms with van der Waals surface area (Å²) in [6, 6.07) is 0.722. The highest BCUT2D eigenvalue weighted by Crippen LogP contribution is 2.33. The molecule has 2 fully saturated rings. The van der Waals surface area contributed by atoms with Crippen molar-refractivity contribution in [1.29, 1.82) is 0 Å². The van der Waals surface area contributed by atoms with Crippen LogP contribution in [0.4, 0.5) is 13.2 Å². The molecule has 2 nitrogen and oxygen atoms in total. The van der Waals surface area contributed by atoms with Gasteiger partial charge in [0.15, 0.2) is 0 Å². The van der Waals surface area contributed by atoms with Gasteiger partial charge in [-0.15, -0.1) is 0 Å². The van der Waals surface area contributed by atoms with Gasteiger partial charge in [0.1, 0.15) is 0 Å². The van der Waals surface area contributed by atoms with Gasteiger partial charge in [-0.1, -0.05) is 6.92 Å². The van der Waals surface area contributed by atoms with E-state index in [1.54, 1.807) is 4.90 Å². The van der Waals surface area contributed by atoms with Crippen LogP contribution in [0.25, 0.3) is 0 Å². The molecule has 2 aliphatic rings. The van der Waals surface area contributed by atoms with Gasteiger partial charge in [0.25, 0.3) is 0 Å². The summed E-state index contributed by atoms with van der Waals surface area (Å²) in [6.07, 6.45) is -1.14. The second kappa shape index (κ2) is 4.76. The molecule has 2 heterocycles. The molecule has 17 heavy (non-hydrogen) atoms. The van der Waals surface area contributed by atoms with Gasteiger partial charge < -0.3 is 0 Å². The predicted molar refractivity (Wildman–Crippen MR) is 60.9 cm³/mol. The van der Waals surface area contributed by atoms with Crippen LogP contribution < -0.4 is 0 Å². The molecule has 0 aliphatic carbocycles. The summed E-state index contributed by atoms with van der Waals surface area (Å²) in [5, 5.41) is 0. The fourth-order valence-corrected chi connectivity index (χ4v) is 3.11. The van der Waals surface area contributed by atoms with Crippen LogP contribution >= 0.6 is 0 Å². The largest absolute Gasteiger partial charge is 0.401 e. The van der Waals surface area contributed by atoms with Crippen molar-refractivity contribution in [1.82, 2.24) is 9.80 Å². The Kier molecular flexibility index (Phi) is 3.69. The van der Waals surface area contributed by atoms with Gasteiger partial charge in [-0.05, 0) is 26.2 Å². The molecule has 2 bridgehead atoms. The van der Waals surface area contributed by atoms with E-state index in [0.717, 1.165) is 32.4 Å². The number of nitrogens with zero attached hydrogens (tertiary/aromatic N) is 2. The fraction of sp³-hybridized carbons (Fsp3) is 1.00. The van der Waals surface area contributed by atoms with E-state index in [9.17, 15) is 13.2 Å². The lowest BCUT2D eigenvalue weighted by atomic mass is 10.1. The van der Waals surface area contributed by atoms with Crippen molar-refractivity contribution < 1.29 is 13.2 Å². The maximum absolute atomic E-state index is 12.5. The lowest BCUT2D eigenvalue weighted by molar-refractivity contribution is -0.158. The number of halogens is 3. The standard InChI is InChI=1S/C12H21F3N2/c1-3-9(2)16-6-10-4-5-11(7-16)17(10)8-12(13,14)15/h9-11H,3-8H2,1-2H3. The van der Waals surface area contributed by atoms with Crippen LogP contribution in [-0.4, -0.2) is 53.7 Å². The number of hydrogen-bond acceptors (Lipinski definition) is 2. The summed E-state index contributed by atoms with van der Waals surface area (Å²) >= 11 is 0. The summed E-state index contributed by atoms with van der Waals surface area (Å²) in [4.78, 5) is 4.04. The Morgan fingerprint density at radius 1 is 1.18 bits per heavy atom. The maximum Gasteiger partial charge on any atom is 0.401 e. The van der Waals surface area contributed by atoms with Crippen LogP contribution in [0.15, 0.2) is 0 Å². The first kappa shape index (κ1) is 13.1. The van der Waals surface area contributed by atoms with Crippen molar-refractivity contribution in [3.63, 3.8) is 0 Å². The van der Waals surface area contributed by atoms with Crippen molar-refractivity contribution in [2.45, 2.75) is 57.4 Å². The summed E-state index contributed by atoms with van der Waals surface area (Å²) in [5.41, 5.74) is 0. The molecule has 0 saturated carbocycles. The molecule has 3 unspecified atom stereocenters. The highest BCUT2D eigenvalue weighted by molar-refractivity contribution is 4.97. The highest BCUT2D eigenvalue weighted by atomic mass is 19.4. The van der Waals surface area contributed by atoms with Crippen molar-refractivity contribution in [2.75, 3.05) is 19.6 Å². The molecule has 100 valence electrons. The zero-order chi connectivity index (χ0) is 12.6. The second-order valence-electron chi connectivity index (χ2n) is 5.38. The van der Waals surface area contributed by atoms with Crippen LogP contribution in [0.2, 0.25) is 0 Å². The normalized spacial score (nSPS) is 33.0. The molecule has 3 atom stereocenters. The number of rotatable bonds is 3. The molecule has 2 saturated heterocycles. The first-order valence-electron chi connectivity index (χ1n) is 6.47. The number of piperazine rings is 1. The van der Waals surface area contributed by atoms with E-state index in [2.05, 4.69) is 18.7 Å². The minimum Gasteiger partial charge on any atom is -0.298 e. The van der Waals surface area contributed by atoms with Crippen LogP contribution in [0.3, 0.4) is 0 Å². The Balaban J connectivity index is 1.98. The summed E-state index contributed by atoms with van der Waals surface area (Å²) in [6.45, 7) is 5.19. The molecular weight excluding hydrogens is 229 g/mol. The molecule has 0 N–H and O–H groups in total. The number of hydrogen-bond donors (Lipinski definition) is 0. The number of fused-ring (bicyclic) bond motifs is 2. The van der Waals surface area contributed by atoms with Crippen molar-refractivity contribution >= 4 is 0 Å². The molecule has 2 aliphatic heterocycles. The molecule has 0 aromatic carbocycles. The molecule has 0 amide bonds. The topological polar surface area (TPSA) is 6.48 Å². The molecule has 0 aromatic rings. The molecule has 0 spiro atoms. The summed E-state index contributed by atoms with van der Waals surface area (Å²) < 4.78 is 37.4. The lowest BCUT2D eigenvalue weighted by Gasteiger charge is -2.43. The Hall–Kier alpha value is -0.290. The SMILES string of the molecule is CCC(C)N1CC2CCC(C1)N2CC(F)(F)F. The zero-order valence-electron chi connectivity index (χ0n) is 10.5. The minimum absolute atomic E-state index is 0.115. The third kappa shape index (κ3) is 2.94. The van der Waals surface area contributed by atoms with Crippen molar-refractivity contribution in [3.05, 3.63) is 0 Å². The minimum atomic E-state index is -4.06. The first-order chi connectivity index (χ1) is 7.90. The quantitative estimate of drug-likeness (QED) is 0.759. The van der Waals surface area contributed by atoms with Gasteiger partial charge >= 0.3 is 6.18 Å². The van der Waals surface area contributed by atoms with E-state index in [1.807, 2.05) is 0 Å². The fourth-order valence-electron chi connectivity index (χ4n) is 3.11. The Morgan fingerprint density at radius 2 is 1.71 bits per heavy atom. The molecule has 0 radical (unpaired) electrons. The van der Waals surface area contributed by atoms with Gasteiger partial charge in [-0.25, -0.2) is 0 Å². The summed E-state index contributed by atoms with van der Waals surface area (Å²) in [7, 11) is 0. The summed E-state index contributed by atoms with van der Waals surface area (Å²) in [5.74, 6) is 0. The van der Waals surface area contributed by atoms with Crippen LogP contribution in [0.1, 0.15) is 33.1 Å². The Bertz CT molecular complexity index is 253. The van der Waals surface area contributed by atoms with Gasteiger partial charge in [0.05, 0.1) is 6.54 Å². The van der Waals surface area contributed by atoms with E-state index in [0.29, 0.717) is 6.04 Å². The van der Waals surface area contributed by atoms with Crippen LogP contribution in [0.5, 0.6) is 0 Å². The number of likely N-dealkylation sites (tertiary alicyclic amines) is 1. The van der Waals surface area contributed by atoms with Gasteiger partial charge in [-0.2, -0.15) is 13.2 Å². The molecule has 0 aromatic heterocycles. The Labute approximate surface area is 101 Å². The smallest absolute Gasteiger partial charge is 0.298 e. The van der Waals surface area contributed by atoms with Crippen LogP contribution in [0, 0.1) is 0 Å². The third-order valence-electron chi connectivity index (χ3n) is 4.24. The average Bonchev–Trinajstić information content (AvgIpc) is 2.50. The van der Waals surface area contributed by atoms with E-state index in [4.69, 9.17) is 0 Å². The molecule has 2 rings (SSSR count). The highest BCUT2D eigenvalue weighted by Gasteiger charge is 2.45. The van der Waals surface area contributed by atoms with Crippen LogP contribution in [-0.2, 0) is 0 Å². The Morgan fingerprint density at radius 3 is 2.12 bits per heavy atom. The maximum atomic E-state index is 12.5. The molecular formula is C12H21F3N2. The molecule has 5 heteroatoms. The van der Waals surface area contributed by atoms with Crippen molar-refractivity contribution in [3.8, 4) is 0 Å². The predicted octanol–water partition coefficient (Wildman–Crippen LogP) is 2.50. The second-order valence-corrected chi connectivity index (χ2v) is 5.38. The monoisotopic (exact) mass is 250 g/mol. The number of alkyl halides is 3. The average molecular weight is 250 g/mol. The van der Waals surface area contributed by atoms with Gasteiger partial charge in [-0.3, -0.25) is 9.80 Å².